The van der Waals surface area contributed by atoms with Gasteiger partial charge >= 0.3 is 6.09 Å². The second-order valence-corrected chi connectivity index (χ2v) is 8.83. The standard InChI is InChI=1S/C25H30N2O5/c1-25(2,3)32-17-22(28)26-20-12-9-18(10-13-20)11-14-23(29)27-21(16-31-24(27)30)15-19-7-5-4-6-8-19/h4-10,12-13,21H,11,14-17H2,1-3H3,(H,26,28)/t21-/m1/s1. The fourth-order valence-corrected chi connectivity index (χ4v) is 3.41. The van der Waals surface area contributed by atoms with Crippen molar-refractivity contribution in [1.29, 1.82) is 0 Å². The lowest BCUT2D eigenvalue weighted by Gasteiger charge is -2.20. The van der Waals surface area contributed by atoms with Gasteiger partial charge in [0, 0.05) is 12.1 Å². The summed E-state index contributed by atoms with van der Waals surface area (Å²) < 4.78 is 10.6. The van der Waals surface area contributed by atoms with Gasteiger partial charge in [-0.1, -0.05) is 42.5 Å². The Labute approximate surface area is 188 Å². The molecule has 1 fully saturated rings. The van der Waals surface area contributed by atoms with E-state index in [1.807, 2.05) is 63.2 Å². The van der Waals surface area contributed by atoms with Crippen molar-refractivity contribution in [2.24, 2.45) is 0 Å². The number of amides is 3. The summed E-state index contributed by atoms with van der Waals surface area (Å²) in [5, 5.41) is 2.79. The van der Waals surface area contributed by atoms with Gasteiger partial charge in [0.05, 0.1) is 11.6 Å². The van der Waals surface area contributed by atoms with Gasteiger partial charge in [0.15, 0.2) is 0 Å². The van der Waals surface area contributed by atoms with E-state index in [0.29, 0.717) is 18.5 Å². The van der Waals surface area contributed by atoms with Crippen LogP contribution in [0.25, 0.3) is 0 Å². The smallest absolute Gasteiger partial charge is 0.416 e. The molecule has 0 saturated carbocycles. The highest BCUT2D eigenvalue weighted by molar-refractivity contribution is 5.94. The molecule has 2 aromatic rings. The molecule has 0 aliphatic carbocycles. The molecular weight excluding hydrogens is 408 g/mol. The van der Waals surface area contributed by atoms with Gasteiger partial charge in [-0.05, 0) is 56.9 Å². The molecule has 1 atom stereocenters. The molecule has 1 saturated heterocycles. The van der Waals surface area contributed by atoms with Gasteiger partial charge in [0.25, 0.3) is 0 Å². The van der Waals surface area contributed by atoms with Crippen LogP contribution < -0.4 is 5.32 Å². The number of nitrogens with one attached hydrogen (secondary N) is 1. The molecule has 0 unspecified atom stereocenters. The summed E-state index contributed by atoms with van der Waals surface area (Å²) in [5.41, 5.74) is 2.28. The van der Waals surface area contributed by atoms with Gasteiger partial charge in [-0.15, -0.1) is 0 Å². The molecule has 1 aliphatic rings. The summed E-state index contributed by atoms with van der Waals surface area (Å²) >= 11 is 0. The summed E-state index contributed by atoms with van der Waals surface area (Å²) in [6.07, 6.45) is 0.686. The van der Waals surface area contributed by atoms with Crippen molar-refractivity contribution in [2.45, 2.75) is 51.7 Å². The Kier molecular flexibility index (Phi) is 7.64. The van der Waals surface area contributed by atoms with Crippen LogP contribution in [0.1, 0.15) is 38.3 Å². The Hall–Kier alpha value is -3.19. The molecule has 1 heterocycles. The molecule has 1 N–H and O–H groups in total. The average Bonchev–Trinajstić information content (AvgIpc) is 3.12. The van der Waals surface area contributed by atoms with Crippen LogP contribution >= 0.6 is 0 Å². The zero-order valence-electron chi connectivity index (χ0n) is 18.8. The molecule has 0 bridgehead atoms. The number of cyclic esters (lactones) is 1. The maximum Gasteiger partial charge on any atom is 0.416 e. The predicted molar refractivity (Wildman–Crippen MR) is 121 cm³/mol. The third-order valence-electron chi connectivity index (χ3n) is 5.05. The summed E-state index contributed by atoms with van der Waals surface area (Å²) in [5.74, 6) is -0.468. The van der Waals surface area contributed by atoms with Gasteiger partial charge in [-0.2, -0.15) is 0 Å². The van der Waals surface area contributed by atoms with E-state index in [9.17, 15) is 14.4 Å². The number of imide groups is 1. The molecule has 1 aliphatic heterocycles. The van der Waals surface area contributed by atoms with Crippen LogP contribution in [0.4, 0.5) is 10.5 Å². The number of ether oxygens (including phenoxy) is 2. The topological polar surface area (TPSA) is 84.9 Å². The van der Waals surface area contributed by atoms with E-state index in [1.54, 1.807) is 12.1 Å². The van der Waals surface area contributed by atoms with Gasteiger partial charge in [-0.3, -0.25) is 9.59 Å². The van der Waals surface area contributed by atoms with Crippen molar-refractivity contribution in [3.05, 3.63) is 65.7 Å². The molecule has 3 rings (SSSR count). The van der Waals surface area contributed by atoms with Crippen LogP contribution in [-0.4, -0.2) is 47.7 Å². The van der Waals surface area contributed by atoms with Crippen LogP contribution in [0.5, 0.6) is 0 Å². The van der Waals surface area contributed by atoms with Crippen molar-refractivity contribution in [1.82, 2.24) is 4.90 Å². The van der Waals surface area contributed by atoms with Crippen molar-refractivity contribution < 1.29 is 23.9 Å². The minimum Gasteiger partial charge on any atom is -0.447 e. The molecule has 0 aromatic heterocycles. The van der Waals surface area contributed by atoms with Crippen molar-refractivity contribution >= 4 is 23.6 Å². The summed E-state index contributed by atoms with van der Waals surface area (Å²) in [7, 11) is 0. The number of anilines is 1. The van der Waals surface area contributed by atoms with E-state index in [0.717, 1.165) is 11.1 Å². The molecule has 7 nitrogen and oxygen atoms in total. The van der Waals surface area contributed by atoms with E-state index < -0.39 is 6.09 Å². The van der Waals surface area contributed by atoms with Gasteiger partial charge in [-0.25, -0.2) is 9.69 Å². The number of carbonyl (C=O) groups is 3. The fraction of sp³-hybridized carbons (Fsp3) is 0.400. The van der Waals surface area contributed by atoms with Crippen LogP contribution in [-0.2, 0) is 31.9 Å². The Morgan fingerprint density at radius 2 is 1.75 bits per heavy atom. The number of rotatable bonds is 8. The fourth-order valence-electron chi connectivity index (χ4n) is 3.41. The molecule has 32 heavy (non-hydrogen) atoms. The summed E-state index contributed by atoms with van der Waals surface area (Å²) in [6, 6.07) is 16.8. The van der Waals surface area contributed by atoms with E-state index in [1.165, 1.54) is 4.90 Å². The van der Waals surface area contributed by atoms with Crippen LogP contribution in [0.3, 0.4) is 0 Å². The molecule has 2 aromatic carbocycles. The first-order valence-electron chi connectivity index (χ1n) is 10.8. The first-order chi connectivity index (χ1) is 15.2. The van der Waals surface area contributed by atoms with Gasteiger partial charge in [0.2, 0.25) is 11.8 Å². The molecular formula is C25H30N2O5. The predicted octanol–water partition coefficient (Wildman–Crippen LogP) is 3.96. The second-order valence-electron chi connectivity index (χ2n) is 8.83. The zero-order chi connectivity index (χ0) is 23.1. The maximum absolute atomic E-state index is 12.7. The number of nitrogens with zero attached hydrogens (tertiary/aromatic N) is 1. The largest absolute Gasteiger partial charge is 0.447 e. The third kappa shape index (κ3) is 6.92. The molecule has 3 amide bonds. The SMILES string of the molecule is CC(C)(C)OCC(=O)Nc1ccc(CCC(=O)N2C(=O)OC[C@H]2Cc2ccccc2)cc1. The summed E-state index contributed by atoms with van der Waals surface area (Å²) in [4.78, 5) is 38.1. The highest BCUT2D eigenvalue weighted by Gasteiger charge is 2.37. The minimum absolute atomic E-state index is 0.0180. The van der Waals surface area contributed by atoms with Crippen molar-refractivity contribution in [2.75, 3.05) is 18.5 Å². The molecule has 0 radical (unpaired) electrons. The lowest BCUT2D eigenvalue weighted by molar-refractivity contribution is -0.129. The lowest BCUT2D eigenvalue weighted by Crippen LogP contribution is -2.40. The Morgan fingerprint density at radius 3 is 2.41 bits per heavy atom. The van der Waals surface area contributed by atoms with Gasteiger partial charge < -0.3 is 14.8 Å². The number of hydrogen-bond donors (Lipinski definition) is 1. The van der Waals surface area contributed by atoms with Crippen molar-refractivity contribution in [3.63, 3.8) is 0 Å². The Morgan fingerprint density at radius 1 is 1.06 bits per heavy atom. The third-order valence-corrected chi connectivity index (χ3v) is 5.05. The first-order valence-corrected chi connectivity index (χ1v) is 10.8. The highest BCUT2D eigenvalue weighted by atomic mass is 16.6. The van der Waals surface area contributed by atoms with Crippen LogP contribution in [0.15, 0.2) is 54.6 Å². The van der Waals surface area contributed by atoms with Crippen LogP contribution in [0, 0.1) is 0 Å². The number of benzene rings is 2. The first kappa shape index (κ1) is 23.5. The monoisotopic (exact) mass is 438 g/mol. The average molecular weight is 439 g/mol. The highest BCUT2D eigenvalue weighted by Crippen LogP contribution is 2.20. The Bertz CT molecular complexity index is 935. The normalized spacial score (nSPS) is 16.0. The van der Waals surface area contributed by atoms with E-state index >= 15 is 0 Å². The van der Waals surface area contributed by atoms with Gasteiger partial charge in [0.1, 0.15) is 13.2 Å². The second kappa shape index (κ2) is 10.4. The Balaban J connectivity index is 1.50. The number of hydrogen-bond acceptors (Lipinski definition) is 5. The van der Waals surface area contributed by atoms with E-state index in [2.05, 4.69) is 5.32 Å². The lowest BCUT2D eigenvalue weighted by atomic mass is 10.0. The maximum atomic E-state index is 12.7. The number of aryl methyl sites for hydroxylation is 1. The molecule has 170 valence electrons. The summed E-state index contributed by atoms with van der Waals surface area (Å²) in [6.45, 7) is 5.87. The number of carbonyl (C=O) groups excluding carboxylic acids is 3. The van der Waals surface area contributed by atoms with E-state index in [-0.39, 0.29) is 43.1 Å². The quantitative estimate of drug-likeness (QED) is 0.674. The van der Waals surface area contributed by atoms with Crippen LogP contribution in [0.2, 0.25) is 0 Å². The van der Waals surface area contributed by atoms with Crippen molar-refractivity contribution in [3.8, 4) is 0 Å². The minimum atomic E-state index is -0.577. The molecule has 0 spiro atoms. The van der Waals surface area contributed by atoms with E-state index in [4.69, 9.17) is 9.47 Å². The molecule has 7 heteroatoms. The zero-order valence-corrected chi connectivity index (χ0v) is 18.8.